The van der Waals surface area contributed by atoms with Crippen LogP contribution in [-0.2, 0) is 6.54 Å². The van der Waals surface area contributed by atoms with E-state index >= 15 is 0 Å². The summed E-state index contributed by atoms with van der Waals surface area (Å²) in [5.74, 6) is 1.70. The van der Waals surface area contributed by atoms with Crippen molar-refractivity contribution in [2.75, 3.05) is 20.2 Å². The van der Waals surface area contributed by atoms with Crippen molar-refractivity contribution < 1.29 is 14.3 Å². The van der Waals surface area contributed by atoms with Crippen LogP contribution in [0.15, 0.2) is 47.1 Å². The minimum Gasteiger partial charge on any atom is -0.491 e. The normalized spacial score (nSPS) is 12.6. The molecule has 1 aromatic heterocycles. The second-order valence-corrected chi connectivity index (χ2v) is 4.98. The molecule has 0 radical (unpaired) electrons. The van der Waals surface area contributed by atoms with Gasteiger partial charge < -0.3 is 14.3 Å². The van der Waals surface area contributed by atoms with Gasteiger partial charge in [-0.2, -0.15) is 0 Å². The highest BCUT2D eigenvalue weighted by molar-refractivity contribution is 5.20. The van der Waals surface area contributed by atoms with Crippen LogP contribution >= 0.6 is 0 Å². The van der Waals surface area contributed by atoms with Gasteiger partial charge in [0.25, 0.3) is 0 Å². The van der Waals surface area contributed by atoms with Gasteiger partial charge in [0.15, 0.2) is 0 Å². The summed E-state index contributed by atoms with van der Waals surface area (Å²) in [6.45, 7) is 3.54. The van der Waals surface area contributed by atoms with Gasteiger partial charge in [-0.05, 0) is 32.2 Å². The molecule has 0 amide bonds. The van der Waals surface area contributed by atoms with Crippen LogP contribution in [-0.4, -0.2) is 36.3 Å². The molecule has 2 aromatic rings. The van der Waals surface area contributed by atoms with E-state index in [4.69, 9.17) is 9.15 Å². The van der Waals surface area contributed by atoms with Crippen molar-refractivity contribution in [1.29, 1.82) is 0 Å². The number of aliphatic hydroxyl groups is 1. The lowest BCUT2D eigenvalue weighted by molar-refractivity contribution is 0.0742. The molecule has 4 heteroatoms. The molecule has 0 spiro atoms. The molecule has 20 heavy (non-hydrogen) atoms. The number of para-hydroxylation sites is 1. The van der Waals surface area contributed by atoms with E-state index in [9.17, 15) is 5.11 Å². The van der Waals surface area contributed by atoms with Gasteiger partial charge >= 0.3 is 0 Å². The Morgan fingerprint density at radius 2 is 2.00 bits per heavy atom. The van der Waals surface area contributed by atoms with Gasteiger partial charge in [-0.1, -0.05) is 18.2 Å². The van der Waals surface area contributed by atoms with Crippen LogP contribution in [0.2, 0.25) is 0 Å². The second-order valence-electron chi connectivity index (χ2n) is 4.98. The van der Waals surface area contributed by atoms with Gasteiger partial charge in [0, 0.05) is 18.7 Å². The van der Waals surface area contributed by atoms with E-state index in [0.29, 0.717) is 13.2 Å². The number of aliphatic hydroxyl groups excluding tert-OH is 1. The lowest BCUT2D eigenvalue weighted by atomic mass is 10.2. The largest absolute Gasteiger partial charge is 0.491 e. The van der Waals surface area contributed by atoms with Gasteiger partial charge in [0.05, 0.1) is 6.26 Å². The minimum absolute atomic E-state index is 0.290. The number of hydrogen-bond donors (Lipinski definition) is 1. The summed E-state index contributed by atoms with van der Waals surface area (Å²) in [5.41, 5.74) is 1.14. The van der Waals surface area contributed by atoms with E-state index in [0.717, 1.165) is 23.6 Å². The molecule has 2 rings (SSSR count). The summed E-state index contributed by atoms with van der Waals surface area (Å²) in [7, 11) is 1.97. The standard InChI is InChI=1S/C16H21NO3/c1-13-14(8-9-19-13)10-17(2)11-15(18)12-20-16-6-4-3-5-7-16/h3-9,15,18H,10-12H2,1-2H3. The molecular weight excluding hydrogens is 254 g/mol. The van der Waals surface area contributed by atoms with Crippen LogP contribution in [0.25, 0.3) is 0 Å². The smallest absolute Gasteiger partial charge is 0.119 e. The van der Waals surface area contributed by atoms with Gasteiger partial charge in [-0.3, -0.25) is 4.90 Å². The lowest BCUT2D eigenvalue weighted by Gasteiger charge is -2.20. The Bertz CT molecular complexity index is 509. The Morgan fingerprint density at radius 3 is 2.65 bits per heavy atom. The first-order chi connectivity index (χ1) is 9.65. The fourth-order valence-corrected chi connectivity index (χ4v) is 2.05. The van der Waals surface area contributed by atoms with Crippen LogP contribution in [0.1, 0.15) is 11.3 Å². The minimum atomic E-state index is -0.521. The number of benzene rings is 1. The van der Waals surface area contributed by atoms with Crippen LogP contribution in [0.5, 0.6) is 5.75 Å². The van der Waals surface area contributed by atoms with Crippen molar-refractivity contribution in [3.05, 3.63) is 54.0 Å². The molecule has 1 atom stereocenters. The fraction of sp³-hybridized carbons (Fsp3) is 0.375. The fourth-order valence-electron chi connectivity index (χ4n) is 2.05. The van der Waals surface area contributed by atoms with Gasteiger partial charge in [0.2, 0.25) is 0 Å². The average Bonchev–Trinajstić information content (AvgIpc) is 2.83. The monoisotopic (exact) mass is 275 g/mol. The quantitative estimate of drug-likeness (QED) is 0.843. The Labute approximate surface area is 119 Å². The number of ether oxygens (including phenoxy) is 1. The molecule has 0 saturated carbocycles. The van der Waals surface area contributed by atoms with E-state index in [2.05, 4.69) is 4.90 Å². The SMILES string of the molecule is Cc1occc1CN(C)CC(O)COc1ccccc1. The van der Waals surface area contributed by atoms with Crippen LogP contribution < -0.4 is 4.74 Å². The number of likely N-dealkylation sites (N-methyl/N-ethyl adjacent to an activating group) is 1. The third-order valence-electron chi connectivity index (χ3n) is 3.11. The average molecular weight is 275 g/mol. The zero-order chi connectivity index (χ0) is 14.4. The van der Waals surface area contributed by atoms with Crippen LogP contribution in [0, 0.1) is 6.92 Å². The van der Waals surface area contributed by atoms with E-state index in [1.807, 2.05) is 50.4 Å². The molecular formula is C16H21NO3. The van der Waals surface area contributed by atoms with E-state index < -0.39 is 6.10 Å². The maximum absolute atomic E-state index is 9.99. The second kappa shape index (κ2) is 7.12. The molecule has 0 saturated heterocycles. The summed E-state index contributed by atoms with van der Waals surface area (Å²) in [4.78, 5) is 2.05. The van der Waals surface area contributed by atoms with E-state index in [1.54, 1.807) is 6.26 Å². The number of aryl methyl sites for hydroxylation is 1. The number of hydrogen-bond acceptors (Lipinski definition) is 4. The Balaban J connectivity index is 1.74. The summed E-state index contributed by atoms with van der Waals surface area (Å²) < 4.78 is 10.8. The Kier molecular flexibility index (Phi) is 5.21. The van der Waals surface area contributed by atoms with Crippen LogP contribution in [0.4, 0.5) is 0 Å². The molecule has 1 N–H and O–H groups in total. The lowest BCUT2D eigenvalue weighted by Crippen LogP contribution is -2.32. The maximum atomic E-state index is 9.99. The predicted molar refractivity (Wildman–Crippen MR) is 77.7 cm³/mol. The number of furan rings is 1. The van der Waals surface area contributed by atoms with Crippen molar-refractivity contribution in [2.45, 2.75) is 19.6 Å². The van der Waals surface area contributed by atoms with Crippen molar-refractivity contribution in [3.63, 3.8) is 0 Å². The molecule has 1 unspecified atom stereocenters. The third-order valence-corrected chi connectivity index (χ3v) is 3.11. The summed E-state index contributed by atoms with van der Waals surface area (Å²) in [5, 5.41) is 9.99. The number of rotatable bonds is 7. The van der Waals surface area contributed by atoms with Crippen molar-refractivity contribution >= 4 is 0 Å². The summed E-state index contributed by atoms with van der Waals surface area (Å²) in [6.07, 6.45) is 1.17. The predicted octanol–water partition coefficient (Wildman–Crippen LogP) is 2.46. The summed E-state index contributed by atoms with van der Waals surface area (Å²) in [6, 6.07) is 11.5. The Morgan fingerprint density at radius 1 is 1.25 bits per heavy atom. The maximum Gasteiger partial charge on any atom is 0.119 e. The zero-order valence-electron chi connectivity index (χ0n) is 12.0. The first-order valence-electron chi connectivity index (χ1n) is 6.72. The van der Waals surface area contributed by atoms with E-state index in [-0.39, 0.29) is 0 Å². The van der Waals surface area contributed by atoms with Gasteiger partial charge in [-0.25, -0.2) is 0 Å². The van der Waals surface area contributed by atoms with Crippen molar-refractivity contribution in [1.82, 2.24) is 4.90 Å². The molecule has 1 aromatic carbocycles. The molecule has 0 bridgehead atoms. The molecule has 0 aliphatic heterocycles. The van der Waals surface area contributed by atoms with Crippen LogP contribution in [0.3, 0.4) is 0 Å². The highest BCUT2D eigenvalue weighted by atomic mass is 16.5. The highest BCUT2D eigenvalue weighted by Crippen LogP contribution is 2.12. The first-order valence-corrected chi connectivity index (χ1v) is 6.72. The van der Waals surface area contributed by atoms with Gasteiger partial charge in [0.1, 0.15) is 24.2 Å². The zero-order valence-corrected chi connectivity index (χ0v) is 12.0. The Hall–Kier alpha value is -1.78. The van der Waals surface area contributed by atoms with E-state index in [1.165, 1.54) is 0 Å². The van der Waals surface area contributed by atoms with Crippen molar-refractivity contribution in [3.8, 4) is 5.75 Å². The molecule has 4 nitrogen and oxygen atoms in total. The topological polar surface area (TPSA) is 45.8 Å². The number of nitrogens with zero attached hydrogens (tertiary/aromatic N) is 1. The highest BCUT2D eigenvalue weighted by Gasteiger charge is 2.11. The summed E-state index contributed by atoms with van der Waals surface area (Å²) >= 11 is 0. The molecule has 108 valence electrons. The molecule has 0 fully saturated rings. The molecule has 1 heterocycles. The first kappa shape index (κ1) is 14.6. The van der Waals surface area contributed by atoms with Gasteiger partial charge in [-0.15, -0.1) is 0 Å². The van der Waals surface area contributed by atoms with Crippen molar-refractivity contribution in [2.24, 2.45) is 0 Å². The third kappa shape index (κ3) is 4.40. The molecule has 0 aliphatic carbocycles. The molecule has 0 aliphatic rings.